The molecule has 0 unspecified atom stereocenters. The minimum atomic E-state index is -0.618. The number of carbonyl (C=O) groups excluding carboxylic acids is 1. The summed E-state index contributed by atoms with van der Waals surface area (Å²) in [6.07, 6.45) is 0. The Morgan fingerprint density at radius 3 is 2.58 bits per heavy atom. The van der Waals surface area contributed by atoms with Crippen LogP contribution < -0.4 is 0 Å². The van der Waals surface area contributed by atoms with Gasteiger partial charge in [0.25, 0.3) is 5.91 Å². The van der Waals surface area contributed by atoms with Gasteiger partial charge in [-0.1, -0.05) is 15.9 Å². The molecule has 1 N–H and O–H groups in total. The van der Waals surface area contributed by atoms with E-state index in [-0.39, 0.29) is 17.1 Å². The number of aromatic hydroxyl groups is 1. The quantitative estimate of drug-likeness (QED) is 0.624. The highest BCUT2D eigenvalue weighted by atomic mass is 79.9. The smallest absolute Gasteiger partial charge is 0.295 e. The van der Waals surface area contributed by atoms with Gasteiger partial charge in [0.2, 0.25) is 5.88 Å². The van der Waals surface area contributed by atoms with Crippen LogP contribution in [0.5, 0.6) is 5.88 Å². The number of halogens is 2. The number of aromatic nitrogens is 1. The molecule has 26 heavy (non-hydrogen) atoms. The highest BCUT2D eigenvalue weighted by Crippen LogP contribution is 2.40. The van der Waals surface area contributed by atoms with E-state index < -0.39 is 11.7 Å². The fourth-order valence-electron chi connectivity index (χ4n) is 2.57. The van der Waals surface area contributed by atoms with E-state index >= 15 is 0 Å². The van der Waals surface area contributed by atoms with Gasteiger partial charge < -0.3 is 5.11 Å². The van der Waals surface area contributed by atoms with Crippen LogP contribution >= 0.6 is 15.9 Å². The predicted octanol–water partition coefficient (Wildman–Crippen LogP) is 4.69. The zero-order valence-corrected chi connectivity index (χ0v) is 15.7. The van der Waals surface area contributed by atoms with Gasteiger partial charge in [0, 0.05) is 15.4 Å². The fourth-order valence-corrected chi connectivity index (χ4v) is 2.93. The van der Waals surface area contributed by atoms with Crippen molar-refractivity contribution in [3.8, 4) is 5.88 Å². The molecule has 2 aromatic carbocycles. The number of rotatable bonds is 4. The molecule has 0 bridgehead atoms. The van der Waals surface area contributed by atoms with Crippen LogP contribution in [-0.4, -0.2) is 34.6 Å². The number of carbonyl (C=O) groups is 1. The van der Waals surface area contributed by atoms with Gasteiger partial charge >= 0.3 is 0 Å². The summed E-state index contributed by atoms with van der Waals surface area (Å²) in [6, 6.07) is 10.5. The van der Waals surface area contributed by atoms with E-state index in [1.807, 2.05) is 31.1 Å². The molecule has 1 aromatic heterocycles. The Hall–Kier alpha value is -2.58. The Bertz CT molecular complexity index is 997. The molecule has 6 nitrogen and oxygen atoms in total. The van der Waals surface area contributed by atoms with Crippen LogP contribution in [0.25, 0.3) is 10.9 Å². The number of hydrogen-bond donors (Lipinski definition) is 1. The third-order valence-corrected chi connectivity index (χ3v) is 4.22. The first-order valence-electron chi connectivity index (χ1n) is 7.74. The van der Waals surface area contributed by atoms with Gasteiger partial charge in [0.1, 0.15) is 5.82 Å². The molecular weight excluding hydrogens is 403 g/mol. The molecule has 0 aliphatic carbocycles. The van der Waals surface area contributed by atoms with Gasteiger partial charge in [-0.05, 0) is 56.6 Å². The Morgan fingerprint density at radius 1 is 1.23 bits per heavy atom. The molecule has 0 saturated carbocycles. The average Bonchev–Trinajstić information content (AvgIpc) is 2.84. The molecule has 0 aliphatic rings. The second-order valence-corrected chi connectivity index (χ2v) is 6.91. The van der Waals surface area contributed by atoms with Crippen molar-refractivity contribution in [2.24, 2.45) is 10.2 Å². The third-order valence-electron chi connectivity index (χ3n) is 3.73. The van der Waals surface area contributed by atoms with Crippen molar-refractivity contribution in [1.29, 1.82) is 0 Å². The van der Waals surface area contributed by atoms with Crippen LogP contribution in [0.1, 0.15) is 10.4 Å². The summed E-state index contributed by atoms with van der Waals surface area (Å²) in [5, 5.41) is 18.9. The standard InChI is InChI=1S/C18H16BrFN4O2/c1-23(2)10-24-15-8-5-12(19)9-14(15)16(18(24)26)21-22-17(25)11-3-6-13(20)7-4-11/h3-9,26H,10H2,1-2H3. The van der Waals surface area contributed by atoms with E-state index in [4.69, 9.17) is 0 Å². The van der Waals surface area contributed by atoms with Crippen molar-refractivity contribution in [3.63, 3.8) is 0 Å². The highest BCUT2D eigenvalue weighted by Gasteiger charge is 2.18. The van der Waals surface area contributed by atoms with Crippen molar-refractivity contribution < 1.29 is 14.3 Å². The van der Waals surface area contributed by atoms with E-state index in [1.54, 1.807) is 10.6 Å². The molecule has 134 valence electrons. The van der Waals surface area contributed by atoms with Crippen LogP contribution in [0.2, 0.25) is 0 Å². The molecule has 0 spiro atoms. The van der Waals surface area contributed by atoms with Crippen molar-refractivity contribution in [2.75, 3.05) is 14.1 Å². The van der Waals surface area contributed by atoms with E-state index in [1.165, 1.54) is 24.3 Å². The van der Waals surface area contributed by atoms with Gasteiger partial charge in [0.05, 0.1) is 12.2 Å². The van der Waals surface area contributed by atoms with Gasteiger partial charge in [0.15, 0.2) is 5.69 Å². The fraction of sp³-hybridized carbons (Fsp3) is 0.167. The molecule has 3 rings (SSSR count). The second-order valence-electron chi connectivity index (χ2n) is 5.99. The normalized spacial score (nSPS) is 11.7. The summed E-state index contributed by atoms with van der Waals surface area (Å²) in [6.45, 7) is 0.436. The lowest BCUT2D eigenvalue weighted by Gasteiger charge is -2.13. The maximum Gasteiger partial charge on any atom is 0.295 e. The molecule has 0 saturated heterocycles. The summed E-state index contributed by atoms with van der Waals surface area (Å²) >= 11 is 3.40. The monoisotopic (exact) mass is 418 g/mol. The maximum absolute atomic E-state index is 13.0. The van der Waals surface area contributed by atoms with Gasteiger partial charge in [-0.2, -0.15) is 0 Å². The summed E-state index contributed by atoms with van der Waals surface area (Å²) < 4.78 is 15.5. The summed E-state index contributed by atoms with van der Waals surface area (Å²) in [5.74, 6) is -1.14. The average molecular weight is 419 g/mol. The molecule has 3 aromatic rings. The maximum atomic E-state index is 13.0. The van der Waals surface area contributed by atoms with Crippen molar-refractivity contribution in [1.82, 2.24) is 9.47 Å². The zero-order chi connectivity index (χ0) is 18.8. The summed E-state index contributed by atoms with van der Waals surface area (Å²) in [5.41, 5.74) is 1.19. The Labute approximate surface area is 157 Å². The summed E-state index contributed by atoms with van der Waals surface area (Å²) in [7, 11) is 3.76. The number of benzene rings is 2. The van der Waals surface area contributed by atoms with Crippen molar-refractivity contribution >= 4 is 38.4 Å². The van der Waals surface area contributed by atoms with Crippen molar-refractivity contribution in [2.45, 2.75) is 6.67 Å². The van der Waals surface area contributed by atoms with E-state index in [9.17, 15) is 14.3 Å². The van der Waals surface area contributed by atoms with Gasteiger partial charge in [-0.3, -0.25) is 14.3 Å². The topological polar surface area (TPSA) is 70.2 Å². The van der Waals surface area contributed by atoms with E-state index in [0.29, 0.717) is 12.1 Å². The Kier molecular flexibility index (Phi) is 5.15. The number of nitrogens with zero attached hydrogens (tertiary/aromatic N) is 4. The van der Waals surface area contributed by atoms with Crippen molar-refractivity contribution in [3.05, 3.63) is 58.3 Å². The lowest BCUT2D eigenvalue weighted by atomic mass is 10.2. The predicted molar refractivity (Wildman–Crippen MR) is 100 cm³/mol. The Morgan fingerprint density at radius 2 is 1.92 bits per heavy atom. The Balaban J connectivity index is 2.03. The first kappa shape index (κ1) is 18.2. The summed E-state index contributed by atoms with van der Waals surface area (Å²) in [4.78, 5) is 14.0. The molecule has 8 heteroatoms. The molecule has 1 heterocycles. The number of fused-ring (bicyclic) bond motifs is 1. The lowest BCUT2D eigenvalue weighted by Crippen LogP contribution is -2.16. The molecule has 0 fully saturated rings. The number of amides is 1. The number of hydrogen-bond acceptors (Lipinski definition) is 4. The lowest BCUT2D eigenvalue weighted by molar-refractivity contribution is 0.0995. The first-order valence-corrected chi connectivity index (χ1v) is 8.53. The molecule has 0 atom stereocenters. The zero-order valence-electron chi connectivity index (χ0n) is 14.1. The molecule has 0 radical (unpaired) electrons. The van der Waals surface area contributed by atoms with Gasteiger partial charge in [-0.15, -0.1) is 10.2 Å². The minimum Gasteiger partial charge on any atom is -0.493 e. The van der Waals surface area contributed by atoms with Crippen LogP contribution in [0.15, 0.2) is 57.2 Å². The largest absolute Gasteiger partial charge is 0.493 e. The van der Waals surface area contributed by atoms with E-state index in [0.717, 1.165) is 9.99 Å². The SMILES string of the molecule is CN(C)Cn1c(O)c(N=NC(=O)c2ccc(F)cc2)c2cc(Br)ccc21. The van der Waals surface area contributed by atoms with Crippen LogP contribution in [0, 0.1) is 5.82 Å². The third kappa shape index (κ3) is 3.66. The van der Waals surface area contributed by atoms with Crippen LogP contribution in [0.3, 0.4) is 0 Å². The molecule has 0 aliphatic heterocycles. The molecular formula is C18H16BrFN4O2. The second kappa shape index (κ2) is 7.35. The van der Waals surface area contributed by atoms with Crippen LogP contribution in [-0.2, 0) is 6.67 Å². The van der Waals surface area contributed by atoms with Gasteiger partial charge in [-0.25, -0.2) is 4.39 Å². The minimum absolute atomic E-state index is 0.0811. The molecule has 1 amide bonds. The first-order chi connectivity index (χ1) is 12.4. The van der Waals surface area contributed by atoms with Crippen LogP contribution in [0.4, 0.5) is 10.1 Å². The highest BCUT2D eigenvalue weighted by molar-refractivity contribution is 9.10. The number of azo groups is 1. The van der Waals surface area contributed by atoms with E-state index in [2.05, 4.69) is 26.2 Å².